The molecule has 0 atom stereocenters. The van der Waals surface area contributed by atoms with Crippen molar-refractivity contribution in [2.75, 3.05) is 14.2 Å². The van der Waals surface area contributed by atoms with Crippen LogP contribution in [0.4, 0.5) is 4.39 Å². The Labute approximate surface area is 122 Å². The Bertz CT molecular complexity index is 677. The van der Waals surface area contributed by atoms with E-state index in [1.165, 1.54) is 24.3 Å². The van der Waals surface area contributed by atoms with Crippen molar-refractivity contribution in [2.45, 2.75) is 0 Å². The van der Waals surface area contributed by atoms with Gasteiger partial charge in [-0.15, -0.1) is 0 Å². The molecule has 4 heteroatoms. The third-order valence-electron chi connectivity index (χ3n) is 2.96. The number of hydrogen-bond acceptors (Lipinski definition) is 3. The van der Waals surface area contributed by atoms with Crippen molar-refractivity contribution in [3.05, 3.63) is 65.5 Å². The Hall–Kier alpha value is -2.62. The molecule has 0 aliphatic heterocycles. The van der Waals surface area contributed by atoms with E-state index in [0.717, 1.165) is 5.56 Å². The number of rotatable bonds is 5. The van der Waals surface area contributed by atoms with E-state index in [4.69, 9.17) is 9.47 Å². The molecular weight excluding hydrogens is 271 g/mol. The molecule has 2 rings (SSSR count). The minimum atomic E-state index is -0.434. The first-order chi connectivity index (χ1) is 10.1. The van der Waals surface area contributed by atoms with E-state index in [9.17, 15) is 9.18 Å². The summed E-state index contributed by atoms with van der Waals surface area (Å²) in [5, 5.41) is 0. The van der Waals surface area contributed by atoms with E-state index in [-0.39, 0.29) is 5.78 Å². The number of ether oxygens (including phenoxy) is 2. The highest BCUT2D eigenvalue weighted by Gasteiger charge is 2.05. The number of allylic oxidation sites excluding steroid dienone is 1. The second kappa shape index (κ2) is 6.70. The molecule has 2 aromatic carbocycles. The maximum Gasteiger partial charge on any atom is 0.185 e. The van der Waals surface area contributed by atoms with Gasteiger partial charge in [-0.3, -0.25) is 4.79 Å². The SMILES string of the molecule is COc1ccc(C=CC(=O)c2cccc(F)c2)c(OC)c1. The van der Waals surface area contributed by atoms with Crippen LogP contribution in [0.1, 0.15) is 15.9 Å². The Morgan fingerprint density at radius 1 is 1.10 bits per heavy atom. The smallest absolute Gasteiger partial charge is 0.185 e. The summed E-state index contributed by atoms with van der Waals surface area (Å²) in [7, 11) is 3.11. The summed E-state index contributed by atoms with van der Waals surface area (Å²) in [6.07, 6.45) is 3.02. The molecule has 0 aliphatic carbocycles. The third-order valence-corrected chi connectivity index (χ3v) is 2.96. The first-order valence-corrected chi connectivity index (χ1v) is 6.34. The molecule has 0 saturated carbocycles. The third kappa shape index (κ3) is 3.69. The van der Waals surface area contributed by atoms with Gasteiger partial charge >= 0.3 is 0 Å². The molecule has 0 saturated heterocycles. The van der Waals surface area contributed by atoms with Crippen molar-refractivity contribution in [2.24, 2.45) is 0 Å². The quantitative estimate of drug-likeness (QED) is 0.620. The van der Waals surface area contributed by atoms with Crippen LogP contribution < -0.4 is 9.47 Å². The summed E-state index contributed by atoms with van der Waals surface area (Å²) in [6, 6.07) is 10.9. The molecule has 0 N–H and O–H groups in total. The zero-order valence-electron chi connectivity index (χ0n) is 11.8. The van der Waals surface area contributed by atoms with Crippen molar-refractivity contribution in [1.82, 2.24) is 0 Å². The molecule has 21 heavy (non-hydrogen) atoms. The lowest BCUT2D eigenvalue weighted by molar-refractivity contribution is 0.104. The standard InChI is InChI=1S/C17H15FO3/c1-20-15-8-6-12(17(11-15)21-2)7-9-16(19)13-4-3-5-14(18)10-13/h3-11H,1-2H3. The Morgan fingerprint density at radius 2 is 1.90 bits per heavy atom. The number of methoxy groups -OCH3 is 2. The van der Waals surface area contributed by atoms with Crippen LogP contribution in [0.25, 0.3) is 6.08 Å². The van der Waals surface area contributed by atoms with Gasteiger partial charge < -0.3 is 9.47 Å². The van der Waals surface area contributed by atoms with Crippen LogP contribution in [0.3, 0.4) is 0 Å². The van der Waals surface area contributed by atoms with Crippen LogP contribution in [0.5, 0.6) is 11.5 Å². The molecule has 0 radical (unpaired) electrons. The number of carbonyl (C=O) groups excluding carboxylic acids is 1. The van der Waals surface area contributed by atoms with Crippen molar-refractivity contribution in [3.63, 3.8) is 0 Å². The van der Waals surface area contributed by atoms with E-state index in [1.807, 2.05) is 0 Å². The molecule has 0 amide bonds. The second-order valence-corrected chi connectivity index (χ2v) is 4.32. The summed E-state index contributed by atoms with van der Waals surface area (Å²) in [6.45, 7) is 0. The molecule has 0 aromatic heterocycles. The number of benzene rings is 2. The second-order valence-electron chi connectivity index (χ2n) is 4.32. The fourth-order valence-corrected chi connectivity index (χ4v) is 1.86. The molecular formula is C17H15FO3. The van der Waals surface area contributed by atoms with Gasteiger partial charge in [0.1, 0.15) is 17.3 Å². The molecule has 0 bridgehead atoms. The maximum atomic E-state index is 13.1. The summed E-state index contributed by atoms with van der Waals surface area (Å²) < 4.78 is 23.4. The summed E-state index contributed by atoms with van der Waals surface area (Å²) >= 11 is 0. The minimum absolute atomic E-state index is 0.271. The van der Waals surface area contributed by atoms with Crippen molar-refractivity contribution < 1.29 is 18.7 Å². The molecule has 0 heterocycles. The lowest BCUT2D eigenvalue weighted by Gasteiger charge is -2.07. The number of halogens is 1. The Balaban J connectivity index is 2.23. The highest BCUT2D eigenvalue weighted by atomic mass is 19.1. The van der Waals surface area contributed by atoms with Gasteiger partial charge in [-0.25, -0.2) is 4.39 Å². The summed E-state index contributed by atoms with van der Waals surface area (Å²) in [5.74, 6) is 0.557. The lowest BCUT2D eigenvalue weighted by atomic mass is 10.1. The topological polar surface area (TPSA) is 35.5 Å². The average Bonchev–Trinajstić information content (AvgIpc) is 2.52. The predicted octanol–water partition coefficient (Wildman–Crippen LogP) is 3.74. The van der Waals surface area contributed by atoms with Crippen LogP contribution in [0.15, 0.2) is 48.5 Å². The first kappa shape index (κ1) is 14.8. The molecule has 108 valence electrons. The van der Waals surface area contributed by atoms with E-state index >= 15 is 0 Å². The van der Waals surface area contributed by atoms with Gasteiger partial charge in [0.15, 0.2) is 5.78 Å². The molecule has 0 aliphatic rings. The lowest BCUT2D eigenvalue weighted by Crippen LogP contribution is -1.95. The fraction of sp³-hybridized carbons (Fsp3) is 0.118. The van der Waals surface area contributed by atoms with Crippen molar-refractivity contribution >= 4 is 11.9 Å². The number of hydrogen-bond donors (Lipinski definition) is 0. The molecule has 2 aromatic rings. The van der Waals surface area contributed by atoms with Gasteiger partial charge in [-0.1, -0.05) is 12.1 Å². The Morgan fingerprint density at radius 3 is 2.57 bits per heavy atom. The predicted molar refractivity (Wildman–Crippen MR) is 79.3 cm³/mol. The van der Waals surface area contributed by atoms with E-state index in [2.05, 4.69) is 0 Å². The van der Waals surface area contributed by atoms with E-state index in [0.29, 0.717) is 17.1 Å². The number of ketones is 1. The zero-order valence-corrected chi connectivity index (χ0v) is 11.8. The monoisotopic (exact) mass is 286 g/mol. The highest BCUT2D eigenvalue weighted by molar-refractivity contribution is 6.06. The molecule has 3 nitrogen and oxygen atoms in total. The van der Waals surface area contributed by atoms with Crippen LogP contribution in [0, 0.1) is 5.82 Å². The van der Waals surface area contributed by atoms with Crippen LogP contribution in [-0.2, 0) is 0 Å². The summed E-state index contributed by atoms with van der Waals surface area (Å²) in [5.41, 5.74) is 1.04. The Kier molecular flexibility index (Phi) is 4.72. The highest BCUT2D eigenvalue weighted by Crippen LogP contribution is 2.25. The normalized spacial score (nSPS) is 10.6. The molecule has 0 unspecified atom stereocenters. The first-order valence-electron chi connectivity index (χ1n) is 6.34. The molecule has 0 fully saturated rings. The van der Waals surface area contributed by atoms with Crippen LogP contribution in [-0.4, -0.2) is 20.0 Å². The summed E-state index contributed by atoms with van der Waals surface area (Å²) in [4.78, 5) is 12.0. The van der Waals surface area contributed by atoms with Gasteiger partial charge in [-0.2, -0.15) is 0 Å². The van der Waals surface area contributed by atoms with Gasteiger partial charge in [0.05, 0.1) is 14.2 Å². The van der Waals surface area contributed by atoms with Crippen molar-refractivity contribution in [3.8, 4) is 11.5 Å². The van der Waals surface area contributed by atoms with Crippen molar-refractivity contribution in [1.29, 1.82) is 0 Å². The maximum absolute atomic E-state index is 13.1. The zero-order chi connectivity index (χ0) is 15.2. The largest absolute Gasteiger partial charge is 0.497 e. The van der Waals surface area contributed by atoms with Gasteiger partial charge in [0.25, 0.3) is 0 Å². The molecule has 0 spiro atoms. The van der Waals surface area contributed by atoms with Crippen LogP contribution in [0.2, 0.25) is 0 Å². The van der Waals surface area contributed by atoms with E-state index < -0.39 is 5.82 Å². The van der Waals surface area contributed by atoms with Gasteiger partial charge in [0.2, 0.25) is 0 Å². The van der Waals surface area contributed by atoms with Gasteiger partial charge in [-0.05, 0) is 36.4 Å². The van der Waals surface area contributed by atoms with Gasteiger partial charge in [0, 0.05) is 17.2 Å². The number of carbonyl (C=O) groups is 1. The average molecular weight is 286 g/mol. The van der Waals surface area contributed by atoms with E-state index in [1.54, 1.807) is 44.6 Å². The van der Waals surface area contributed by atoms with Crippen LogP contribution >= 0.6 is 0 Å². The minimum Gasteiger partial charge on any atom is -0.497 e. The fourth-order valence-electron chi connectivity index (χ4n) is 1.86.